The quantitative estimate of drug-likeness (QED) is 0.429. The average Bonchev–Trinajstić information content (AvgIpc) is 3.47. The van der Waals surface area contributed by atoms with E-state index in [1.807, 2.05) is 17.0 Å². The van der Waals surface area contributed by atoms with E-state index in [1.54, 1.807) is 0 Å². The van der Waals surface area contributed by atoms with Crippen LogP contribution in [-0.2, 0) is 9.53 Å². The first-order valence-corrected chi connectivity index (χ1v) is 15.1. The van der Waals surface area contributed by atoms with E-state index in [2.05, 4.69) is 49.9 Å². The first-order chi connectivity index (χ1) is 18.1. The molecule has 0 N–H and O–H groups in total. The van der Waals surface area contributed by atoms with Gasteiger partial charge in [0.2, 0.25) is 5.91 Å². The lowest BCUT2D eigenvalue weighted by molar-refractivity contribution is -0.139. The number of carbonyl (C=O) groups excluding carboxylic acids is 2. The van der Waals surface area contributed by atoms with Crippen molar-refractivity contribution >= 4 is 23.6 Å². The standard InChI is InChI=1S/C31H46ClN3O3/c1-30(2)21-38-29(37)35(30)20-31(23-8-6-5-7-9-23)14-16-34(17-15-31)28(36)27-19-25(33(3)4)18-26(27)22-10-12-24(32)13-11-22/h10-13,23,25-27H,5-9,14-21H2,1-4H3/t25?,26?,27-/m1/s1. The molecule has 2 aliphatic carbocycles. The summed E-state index contributed by atoms with van der Waals surface area (Å²) in [6.45, 7) is 7.01. The molecule has 1 aromatic rings. The Bertz CT molecular complexity index is 996. The van der Waals surface area contributed by atoms with Gasteiger partial charge in [0.25, 0.3) is 0 Å². The Labute approximate surface area is 234 Å². The summed E-state index contributed by atoms with van der Waals surface area (Å²) in [5.74, 6) is 1.15. The lowest BCUT2D eigenvalue weighted by Crippen LogP contribution is -2.55. The zero-order chi connectivity index (χ0) is 27.1. The molecule has 4 fully saturated rings. The maximum Gasteiger partial charge on any atom is 0.410 e. The lowest BCUT2D eigenvalue weighted by Gasteiger charge is -2.51. The molecule has 0 aromatic heterocycles. The van der Waals surface area contributed by atoms with E-state index in [9.17, 15) is 9.59 Å². The first-order valence-electron chi connectivity index (χ1n) is 14.7. The molecule has 2 aliphatic heterocycles. The maximum absolute atomic E-state index is 14.1. The number of rotatable bonds is 6. The van der Waals surface area contributed by atoms with Crippen molar-refractivity contribution in [2.24, 2.45) is 17.3 Å². The highest BCUT2D eigenvalue weighted by Gasteiger charge is 2.50. The first kappa shape index (κ1) is 27.8. The number of carbonyl (C=O) groups is 2. The van der Waals surface area contributed by atoms with Gasteiger partial charge in [-0.1, -0.05) is 43.0 Å². The van der Waals surface area contributed by atoms with Crippen LogP contribution >= 0.6 is 11.6 Å². The van der Waals surface area contributed by atoms with Gasteiger partial charge in [-0.2, -0.15) is 0 Å². The Hall–Kier alpha value is -1.79. The molecule has 5 rings (SSSR count). The predicted molar refractivity (Wildman–Crippen MR) is 151 cm³/mol. The van der Waals surface area contributed by atoms with Crippen molar-refractivity contribution in [1.82, 2.24) is 14.7 Å². The molecule has 2 heterocycles. The second-order valence-electron chi connectivity index (χ2n) is 13.3. The second kappa shape index (κ2) is 11.0. The summed E-state index contributed by atoms with van der Waals surface area (Å²) >= 11 is 6.18. The Balaban J connectivity index is 1.33. The van der Waals surface area contributed by atoms with Crippen LogP contribution in [0.5, 0.6) is 0 Å². The smallest absolute Gasteiger partial charge is 0.410 e. The van der Waals surface area contributed by atoms with Gasteiger partial charge in [-0.25, -0.2) is 4.79 Å². The average molecular weight is 544 g/mol. The van der Waals surface area contributed by atoms with Crippen molar-refractivity contribution in [2.75, 3.05) is 40.3 Å². The molecule has 4 aliphatic rings. The Morgan fingerprint density at radius 2 is 1.71 bits per heavy atom. The number of cyclic esters (lactones) is 1. The number of ether oxygens (including phenoxy) is 1. The fraction of sp³-hybridized carbons (Fsp3) is 0.742. The SMILES string of the molecule is CN(C)C1CC(c2ccc(Cl)cc2)[C@H](C(=O)N2CCC(CN3C(=O)OCC3(C)C)(C3CCCCC3)CC2)C1. The van der Waals surface area contributed by atoms with Crippen molar-refractivity contribution < 1.29 is 14.3 Å². The summed E-state index contributed by atoms with van der Waals surface area (Å²) in [5.41, 5.74) is 1.01. The van der Waals surface area contributed by atoms with Gasteiger partial charge < -0.3 is 14.5 Å². The number of hydrogen-bond acceptors (Lipinski definition) is 4. The highest BCUT2D eigenvalue weighted by atomic mass is 35.5. The van der Waals surface area contributed by atoms with Crippen molar-refractivity contribution in [3.8, 4) is 0 Å². The molecule has 0 bridgehead atoms. The number of hydrogen-bond donors (Lipinski definition) is 0. The highest BCUT2D eigenvalue weighted by Crippen LogP contribution is 2.49. The fourth-order valence-electron chi connectivity index (χ4n) is 7.84. The van der Waals surface area contributed by atoms with Gasteiger partial charge in [0.05, 0.1) is 5.54 Å². The third-order valence-electron chi connectivity index (χ3n) is 10.4. The number of nitrogens with zero attached hydrogens (tertiary/aromatic N) is 3. The molecule has 7 heteroatoms. The Morgan fingerprint density at radius 1 is 1.05 bits per heavy atom. The van der Waals surface area contributed by atoms with Gasteiger partial charge in [-0.05, 0) is 101 Å². The van der Waals surface area contributed by atoms with E-state index in [0.29, 0.717) is 24.5 Å². The molecule has 2 saturated carbocycles. The Kier molecular flexibility index (Phi) is 8.04. The molecule has 1 aromatic carbocycles. The summed E-state index contributed by atoms with van der Waals surface area (Å²) in [6.07, 6.45) is 10.0. The van der Waals surface area contributed by atoms with Crippen LogP contribution < -0.4 is 0 Å². The zero-order valence-electron chi connectivity index (χ0n) is 23.8. The summed E-state index contributed by atoms with van der Waals surface area (Å²) in [5, 5.41) is 0.735. The van der Waals surface area contributed by atoms with E-state index in [4.69, 9.17) is 16.3 Å². The molecule has 2 amide bonds. The van der Waals surface area contributed by atoms with Crippen molar-refractivity contribution in [3.05, 3.63) is 34.9 Å². The number of amides is 2. The van der Waals surface area contributed by atoms with Crippen LogP contribution in [-0.4, -0.2) is 78.6 Å². The highest BCUT2D eigenvalue weighted by molar-refractivity contribution is 6.30. The largest absolute Gasteiger partial charge is 0.447 e. The fourth-order valence-corrected chi connectivity index (χ4v) is 7.96. The van der Waals surface area contributed by atoms with Gasteiger partial charge >= 0.3 is 6.09 Å². The summed E-state index contributed by atoms with van der Waals surface area (Å²) in [7, 11) is 4.25. The normalized spacial score (nSPS) is 29.6. The van der Waals surface area contributed by atoms with Crippen molar-refractivity contribution in [2.45, 2.75) is 89.1 Å². The topological polar surface area (TPSA) is 53.1 Å². The maximum atomic E-state index is 14.1. The van der Waals surface area contributed by atoms with Gasteiger partial charge in [-0.3, -0.25) is 9.69 Å². The summed E-state index contributed by atoms with van der Waals surface area (Å²) in [4.78, 5) is 33.3. The lowest BCUT2D eigenvalue weighted by atomic mass is 9.63. The van der Waals surface area contributed by atoms with E-state index in [0.717, 1.165) is 50.3 Å². The van der Waals surface area contributed by atoms with Gasteiger partial charge in [0.1, 0.15) is 6.61 Å². The minimum Gasteiger partial charge on any atom is -0.447 e. The van der Waals surface area contributed by atoms with E-state index >= 15 is 0 Å². The molecule has 38 heavy (non-hydrogen) atoms. The van der Waals surface area contributed by atoms with Crippen LogP contribution in [0, 0.1) is 17.3 Å². The van der Waals surface area contributed by atoms with Crippen molar-refractivity contribution in [3.63, 3.8) is 0 Å². The van der Waals surface area contributed by atoms with Gasteiger partial charge in [0, 0.05) is 36.6 Å². The zero-order valence-corrected chi connectivity index (χ0v) is 24.5. The van der Waals surface area contributed by atoms with Crippen molar-refractivity contribution in [1.29, 1.82) is 0 Å². The van der Waals surface area contributed by atoms with Crippen LogP contribution in [0.2, 0.25) is 5.02 Å². The van der Waals surface area contributed by atoms with Crippen LogP contribution in [0.4, 0.5) is 4.79 Å². The van der Waals surface area contributed by atoms with Crippen LogP contribution in [0.1, 0.15) is 83.1 Å². The number of likely N-dealkylation sites (tertiary alicyclic amines) is 1. The minimum absolute atomic E-state index is 0.00162. The van der Waals surface area contributed by atoms with Crippen LogP contribution in [0.25, 0.3) is 0 Å². The van der Waals surface area contributed by atoms with Crippen LogP contribution in [0.15, 0.2) is 24.3 Å². The monoisotopic (exact) mass is 543 g/mol. The third-order valence-corrected chi connectivity index (χ3v) is 10.7. The third kappa shape index (κ3) is 5.45. The predicted octanol–water partition coefficient (Wildman–Crippen LogP) is 6.18. The molecule has 3 atom stereocenters. The molecule has 0 spiro atoms. The summed E-state index contributed by atoms with van der Waals surface area (Å²) < 4.78 is 5.48. The summed E-state index contributed by atoms with van der Waals surface area (Å²) in [6, 6.07) is 8.51. The Morgan fingerprint density at radius 3 is 2.29 bits per heavy atom. The molecule has 0 radical (unpaired) electrons. The molecule has 210 valence electrons. The van der Waals surface area contributed by atoms with E-state index in [-0.39, 0.29) is 28.9 Å². The number of benzene rings is 1. The molecule has 2 saturated heterocycles. The van der Waals surface area contributed by atoms with Crippen LogP contribution in [0.3, 0.4) is 0 Å². The molecular formula is C31H46ClN3O3. The number of halogens is 1. The van der Waals surface area contributed by atoms with Gasteiger partial charge in [-0.15, -0.1) is 0 Å². The van der Waals surface area contributed by atoms with E-state index in [1.165, 1.54) is 37.7 Å². The van der Waals surface area contributed by atoms with E-state index < -0.39 is 0 Å². The molecule has 2 unspecified atom stereocenters. The van der Waals surface area contributed by atoms with Gasteiger partial charge in [0.15, 0.2) is 0 Å². The second-order valence-corrected chi connectivity index (χ2v) is 13.8. The minimum atomic E-state index is -0.275. The molecule has 6 nitrogen and oxygen atoms in total. The molecular weight excluding hydrogens is 498 g/mol. The number of piperidine rings is 1.